The summed E-state index contributed by atoms with van der Waals surface area (Å²) in [6.07, 6.45) is 6.13. The smallest absolute Gasteiger partial charge is 0.257 e. The van der Waals surface area contributed by atoms with E-state index < -0.39 is 0 Å². The summed E-state index contributed by atoms with van der Waals surface area (Å²) in [5.74, 6) is 0.263. The van der Waals surface area contributed by atoms with Crippen LogP contribution in [0.5, 0.6) is 5.75 Å². The minimum Gasteiger partial charge on any atom is -0.493 e. The number of carbonyl (C=O) groups is 2. The number of hydrogen-bond donors (Lipinski definition) is 1. The topological polar surface area (TPSA) is 84.4 Å². The van der Waals surface area contributed by atoms with Crippen LogP contribution in [0.2, 0.25) is 5.02 Å². The van der Waals surface area contributed by atoms with Gasteiger partial charge in [0.25, 0.3) is 11.8 Å². The summed E-state index contributed by atoms with van der Waals surface area (Å²) in [4.78, 5) is 35.4. The number of aryl methyl sites for hydroxylation is 1. The summed E-state index contributed by atoms with van der Waals surface area (Å²) in [5, 5.41) is 3.40. The van der Waals surface area contributed by atoms with Gasteiger partial charge in [-0.2, -0.15) is 0 Å². The van der Waals surface area contributed by atoms with Crippen molar-refractivity contribution >= 4 is 23.4 Å². The Morgan fingerprint density at radius 3 is 2.79 bits per heavy atom. The highest BCUT2D eigenvalue weighted by molar-refractivity contribution is 6.31. The fourth-order valence-corrected chi connectivity index (χ4v) is 3.38. The minimum absolute atomic E-state index is 0.0554. The van der Waals surface area contributed by atoms with E-state index >= 15 is 0 Å². The molecule has 29 heavy (non-hydrogen) atoms. The highest BCUT2D eigenvalue weighted by atomic mass is 35.5. The molecule has 2 amide bonds. The normalized spacial score (nSPS) is 16.2. The third kappa shape index (κ3) is 5.67. The van der Waals surface area contributed by atoms with E-state index in [0.29, 0.717) is 53.8 Å². The zero-order chi connectivity index (χ0) is 20.6. The van der Waals surface area contributed by atoms with Gasteiger partial charge in [-0.05, 0) is 50.8 Å². The lowest BCUT2D eigenvalue weighted by atomic mass is 10.1. The van der Waals surface area contributed by atoms with Gasteiger partial charge in [0.15, 0.2) is 0 Å². The third-order valence-electron chi connectivity index (χ3n) is 4.84. The first-order valence-corrected chi connectivity index (χ1v) is 10.2. The number of benzene rings is 1. The molecule has 7 nitrogen and oxygen atoms in total. The summed E-state index contributed by atoms with van der Waals surface area (Å²) in [5.41, 5.74) is 1.66. The molecule has 154 valence electrons. The maximum atomic E-state index is 12.9. The number of rotatable bonds is 1. The van der Waals surface area contributed by atoms with Crippen molar-refractivity contribution in [2.45, 2.75) is 32.6 Å². The number of amides is 2. The van der Waals surface area contributed by atoms with Crippen LogP contribution in [0.4, 0.5) is 0 Å². The van der Waals surface area contributed by atoms with Crippen LogP contribution in [-0.2, 0) is 0 Å². The number of aromatic nitrogens is 2. The van der Waals surface area contributed by atoms with Crippen LogP contribution >= 0.6 is 11.6 Å². The molecule has 2 heterocycles. The van der Waals surface area contributed by atoms with Crippen molar-refractivity contribution < 1.29 is 14.3 Å². The molecule has 0 saturated carbocycles. The first kappa shape index (κ1) is 21.0. The number of nitrogens with zero attached hydrogens (tertiary/aromatic N) is 3. The third-order valence-corrected chi connectivity index (χ3v) is 5.07. The average molecular weight is 417 g/mol. The molecule has 0 fully saturated rings. The highest BCUT2D eigenvalue weighted by Crippen LogP contribution is 2.23. The number of fused-ring (bicyclic) bond motifs is 1. The van der Waals surface area contributed by atoms with E-state index in [0.717, 1.165) is 25.7 Å². The maximum absolute atomic E-state index is 12.9. The van der Waals surface area contributed by atoms with Crippen LogP contribution in [-0.4, -0.2) is 52.9 Å². The van der Waals surface area contributed by atoms with Crippen molar-refractivity contribution in [1.82, 2.24) is 20.2 Å². The second kappa shape index (κ2) is 10.2. The van der Waals surface area contributed by atoms with Gasteiger partial charge in [0, 0.05) is 30.9 Å². The quantitative estimate of drug-likeness (QED) is 0.771. The standard InChI is InChI=1S/C21H25ClN4O3/c1-15-18(13-23-14-25-15)21(28)26-9-3-2-8-24-20(27)17-12-16(22)6-7-19(17)29-11-5-4-10-26/h6-7,12-14H,2-5,8-11H2,1H3,(H,24,27). The van der Waals surface area contributed by atoms with Crippen LogP contribution in [0.1, 0.15) is 52.1 Å². The van der Waals surface area contributed by atoms with Gasteiger partial charge in [-0.1, -0.05) is 11.6 Å². The molecule has 8 heteroatoms. The Bertz CT molecular complexity index is 875. The average Bonchev–Trinajstić information content (AvgIpc) is 2.72. The van der Waals surface area contributed by atoms with Gasteiger partial charge < -0.3 is 15.0 Å². The van der Waals surface area contributed by atoms with E-state index in [1.54, 1.807) is 24.4 Å². The van der Waals surface area contributed by atoms with Crippen molar-refractivity contribution in [2.75, 3.05) is 26.2 Å². The molecule has 0 radical (unpaired) electrons. The van der Waals surface area contributed by atoms with E-state index in [2.05, 4.69) is 15.3 Å². The summed E-state index contributed by atoms with van der Waals surface area (Å²) in [6.45, 7) is 4.03. The summed E-state index contributed by atoms with van der Waals surface area (Å²) in [7, 11) is 0. The minimum atomic E-state index is -0.204. The Morgan fingerprint density at radius 2 is 2.00 bits per heavy atom. The molecule has 3 rings (SSSR count). The van der Waals surface area contributed by atoms with Gasteiger partial charge in [0.05, 0.1) is 23.4 Å². The molecule has 0 saturated heterocycles. The molecule has 0 atom stereocenters. The van der Waals surface area contributed by atoms with Gasteiger partial charge >= 0.3 is 0 Å². The molecular formula is C21H25ClN4O3. The van der Waals surface area contributed by atoms with Crippen LogP contribution in [0.15, 0.2) is 30.7 Å². The number of halogens is 1. The van der Waals surface area contributed by atoms with Gasteiger partial charge in [0.2, 0.25) is 0 Å². The SMILES string of the molecule is Cc1ncncc1C(=O)N1CCCCNC(=O)c2cc(Cl)ccc2OCCCC1. The van der Waals surface area contributed by atoms with Crippen LogP contribution in [0.3, 0.4) is 0 Å². The molecule has 0 unspecified atom stereocenters. The van der Waals surface area contributed by atoms with Crippen LogP contribution in [0, 0.1) is 6.92 Å². The predicted molar refractivity (Wildman–Crippen MR) is 110 cm³/mol. The van der Waals surface area contributed by atoms with Gasteiger partial charge in [-0.15, -0.1) is 0 Å². The molecule has 1 aliphatic heterocycles. The van der Waals surface area contributed by atoms with Crippen LogP contribution < -0.4 is 10.1 Å². The van der Waals surface area contributed by atoms with Crippen molar-refractivity contribution in [3.63, 3.8) is 0 Å². The Labute approximate surface area is 175 Å². The van der Waals surface area contributed by atoms with Crippen molar-refractivity contribution in [3.8, 4) is 5.75 Å². The molecular weight excluding hydrogens is 392 g/mol. The molecule has 1 aromatic heterocycles. The lowest BCUT2D eigenvalue weighted by Gasteiger charge is -2.24. The largest absolute Gasteiger partial charge is 0.493 e. The molecule has 2 aromatic rings. The van der Waals surface area contributed by atoms with Crippen molar-refractivity contribution in [1.29, 1.82) is 0 Å². The predicted octanol–water partition coefficient (Wildman–Crippen LogP) is 3.26. The fraction of sp³-hybridized carbons (Fsp3) is 0.429. The molecule has 0 aliphatic carbocycles. The maximum Gasteiger partial charge on any atom is 0.257 e. The van der Waals surface area contributed by atoms with E-state index in [1.165, 1.54) is 6.33 Å². The zero-order valence-corrected chi connectivity index (χ0v) is 17.2. The number of carbonyl (C=O) groups excluding carboxylic acids is 2. The molecule has 1 N–H and O–H groups in total. The van der Waals surface area contributed by atoms with Crippen molar-refractivity contribution in [2.24, 2.45) is 0 Å². The molecule has 1 aliphatic rings. The second-order valence-corrected chi connectivity index (χ2v) is 7.41. The fourth-order valence-electron chi connectivity index (χ4n) is 3.20. The summed E-state index contributed by atoms with van der Waals surface area (Å²) >= 11 is 6.04. The lowest BCUT2D eigenvalue weighted by Crippen LogP contribution is -2.34. The highest BCUT2D eigenvalue weighted by Gasteiger charge is 2.19. The summed E-state index contributed by atoms with van der Waals surface area (Å²) < 4.78 is 5.81. The van der Waals surface area contributed by atoms with Gasteiger partial charge in [-0.3, -0.25) is 9.59 Å². The zero-order valence-electron chi connectivity index (χ0n) is 16.5. The molecule has 0 bridgehead atoms. The van der Waals surface area contributed by atoms with Crippen LogP contribution in [0.25, 0.3) is 0 Å². The number of hydrogen-bond acceptors (Lipinski definition) is 5. The molecule has 1 aromatic carbocycles. The molecule has 0 spiro atoms. The Balaban J connectivity index is 1.69. The second-order valence-electron chi connectivity index (χ2n) is 6.97. The lowest BCUT2D eigenvalue weighted by molar-refractivity contribution is 0.0743. The summed E-state index contributed by atoms with van der Waals surface area (Å²) in [6, 6.07) is 5.06. The Hall–Kier alpha value is -2.67. The van der Waals surface area contributed by atoms with Gasteiger partial charge in [0.1, 0.15) is 12.1 Å². The van der Waals surface area contributed by atoms with E-state index in [4.69, 9.17) is 16.3 Å². The number of nitrogens with one attached hydrogen (secondary N) is 1. The first-order valence-electron chi connectivity index (χ1n) is 9.82. The van der Waals surface area contributed by atoms with Crippen molar-refractivity contribution in [3.05, 3.63) is 52.6 Å². The number of ether oxygens (including phenoxy) is 1. The Kier molecular flexibility index (Phi) is 7.41. The van der Waals surface area contributed by atoms with E-state index in [9.17, 15) is 9.59 Å². The van der Waals surface area contributed by atoms with E-state index in [-0.39, 0.29) is 11.8 Å². The van der Waals surface area contributed by atoms with Gasteiger partial charge in [-0.25, -0.2) is 9.97 Å². The first-order chi connectivity index (χ1) is 14.1. The Morgan fingerprint density at radius 1 is 1.21 bits per heavy atom. The monoisotopic (exact) mass is 416 g/mol. The van der Waals surface area contributed by atoms with E-state index in [1.807, 2.05) is 11.8 Å².